The first-order valence-corrected chi connectivity index (χ1v) is 5.67. The average molecular weight is 270 g/mol. The van der Waals surface area contributed by atoms with Gasteiger partial charge in [0.15, 0.2) is 12.4 Å². The first-order chi connectivity index (χ1) is 8.16. The van der Waals surface area contributed by atoms with E-state index in [-0.39, 0.29) is 6.61 Å². The first-order valence-electron chi connectivity index (χ1n) is 4.91. The summed E-state index contributed by atoms with van der Waals surface area (Å²) in [5.41, 5.74) is 0.731. The van der Waals surface area contributed by atoms with Gasteiger partial charge >= 0.3 is 0 Å². The fourth-order valence-electron chi connectivity index (χ4n) is 1.32. The molecule has 0 amide bonds. The number of ether oxygens (including phenoxy) is 1. The SMILES string of the molecule is [O-][n+]1ccc(OCc2c(Cl)cccc2Cl)cc1. The molecule has 88 valence electrons. The standard InChI is InChI=1S/C12H9Cl2NO2/c13-11-2-1-3-12(14)10(11)8-17-9-4-6-15(16)7-5-9/h1-7H,8H2. The summed E-state index contributed by atoms with van der Waals surface area (Å²) in [6, 6.07) is 8.44. The predicted molar refractivity (Wildman–Crippen MR) is 66.2 cm³/mol. The van der Waals surface area contributed by atoms with Crippen LogP contribution in [-0.4, -0.2) is 0 Å². The molecule has 3 nitrogen and oxygen atoms in total. The van der Waals surface area contributed by atoms with Crippen molar-refractivity contribution in [3.05, 3.63) is 63.5 Å². The summed E-state index contributed by atoms with van der Waals surface area (Å²) in [7, 11) is 0. The van der Waals surface area contributed by atoms with Gasteiger partial charge in [-0.2, -0.15) is 4.73 Å². The second-order valence-electron chi connectivity index (χ2n) is 3.38. The highest BCUT2D eigenvalue weighted by atomic mass is 35.5. The Bertz CT molecular complexity index is 494. The summed E-state index contributed by atoms with van der Waals surface area (Å²) >= 11 is 12.0. The lowest BCUT2D eigenvalue weighted by Crippen LogP contribution is -2.23. The Morgan fingerprint density at radius 2 is 1.65 bits per heavy atom. The Hall–Kier alpha value is -1.45. The third-order valence-corrected chi connectivity index (χ3v) is 2.92. The molecule has 2 aromatic rings. The zero-order valence-electron chi connectivity index (χ0n) is 8.77. The topological polar surface area (TPSA) is 36.2 Å². The smallest absolute Gasteiger partial charge is 0.184 e. The highest BCUT2D eigenvalue weighted by Gasteiger charge is 2.06. The second-order valence-corrected chi connectivity index (χ2v) is 4.20. The molecule has 0 aliphatic rings. The number of hydrogen-bond donors (Lipinski definition) is 0. The highest BCUT2D eigenvalue weighted by Crippen LogP contribution is 2.25. The van der Waals surface area contributed by atoms with Crippen LogP contribution < -0.4 is 9.47 Å². The van der Waals surface area contributed by atoms with Crippen LogP contribution in [0.5, 0.6) is 5.75 Å². The Kier molecular flexibility index (Phi) is 3.71. The molecule has 1 aromatic carbocycles. The number of aromatic nitrogens is 1. The molecule has 17 heavy (non-hydrogen) atoms. The van der Waals surface area contributed by atoms with Crippen molar-refractivity contribution in [2.45, 2.75) is 6.61 Å². The van der Waals surface area contributed by atoms with Crippen molar-refractivity contribution >= 4 is 23.2 Å². The minimum atomic E-state index is 0.265. The Balaban J connectivity index is 2.10. The van der Waals surface area contributed by atoms with E-state index in [1.165, 1.54) is 12.4 Å². The molecule has 5 heteroatoms. The quantitative estimate of drug-likeness (QED) is 0.634. The van der Waals surface area contributed by atoms with Gasteiger partial charge in [0, 0.05) is 27.7 Å². The van der Waals surface area contributed by atoms with E-state index in [0.29, 0.717) is 20.5 Å². The van der Waals surface area contributed by atoms with Gasteiger partial charge in [-0.05, 0) is 12.1 Å². The minimum Gasteiger partial charge on any atom is -0.619 e. The van der Waals surface area contributed by atoms with Gasteiger partial charge in [0.1, 0.15) is 12.4 Å². The summed E-state index contributed by atoms with van der Waals surface area (Å²) in [6.07, 6.45) is 2.73. The average Bonchev–Trinajstić information content (AvgIpc) is 2.31. The van der Waals surface area contributed by atoms with E-state index in [4.69, 9.17) is 27.9 Å². The maximum Gasteiger partial charge on any atom is 0.184 e. The van der Waals surface area contributed by atoms with Gasteiger partial charge in [-0.3, -0.25) is 0 Å². The zero-order chi connectivity index (χ0) is 12.3. The number of nitrogens with zero attached hydrogens (tertiary/aromatic N) is 1. The molecular weight excluding hydrogens is 261 g/mol. The van der Waals surface area contributed by atoms with Crippen LogP contribution in [0.25, 0.3) is 0 Å². The second kappa shape index (κ2) is 5.25. The van der Waals surface area contributed by atoms with Crippen molar-refractivity contribution in [1.29, 1.82) is 0 Å². The molecule has 0 spiro atoms. The fourth-order valence-corrected chi connectivity index (χ4v) is 1.83. The largest absolute Gasteiger partial charge is 0.619 e. The predicted octanol–water partition coefficient (Wildman–Crippen LogP) is 3.21. The maximum absolute atomic E-state index is 10.8. The number of pyridine rings is 1. The van der Waals surface area contributed by atoms with Crippen molar-refractivity contribution in [1.82, 2.24) is 0 Å². The van der Waals surface area contributed by atoms with Crippen LogP contribution in [0.4, 0.5) is 0 Å². The monoisotopic (exact) mass is 269 g/mol. The molecule has 0 radical (unpaired) electrons. The van der Waals surface area contributed by atoms with E-state index in [2.05, 4.69) is 0 Å². The van der Waals surface area contributed by atoms with Crippen molar-refractivity contribution in [3.63, 3.8) is 0 Å². The van der Waals surface area contributed by atoms with E-state index < -0.39 is 0 Å². The lowest BCUT2D eigenvalue weighted by Gasteiger charge is -2.08. The lowest BCUT2D eigenvalue weighted by molar-refractivity contribution is -0.605. The van der Waals surface area contributed by atoms with Crippen molar-refractivity contribution in [2.24, 2.45) is 0 Å². The Morgan fingerprint density at radius 3 is 2.24 bits per heavy atom. The van der Waals surface area contributed by atoms with E-state index in [0.717, 1.165) is 5.56 Å². The molecule has 0 aliphatic heterocycles. The zero-order valence-corrected chi connectivity index (χ0v) is 10.3. The number of rotatable bonds is 3. The van der Waals surface area contributed by atoms with Crippen LogP contribution in [0.15, 0.2) is 42.7 Å². The molecule has 0 bridgehead atoms. The van der Waals surface area contributed by atoms with Gasteiger partial charge in [0.2, 0.25) is 0 Å². The van der Waals surface area contributed by atoms with Gasteiger partial charge < -0.3 is 9.94 Å². The molecule has 1 aromatic heterocycles. The Labute approximate surface area is 109 Å². The molecule has 2 rings (SSSR count). The van der Waals surface area contributed by atoms with Gasteiger partial charge in [-0.25, -0.2) is 0 Å². The van der Waals surface area contributed by atoms with Crippen LogP contribution in [0.1, 0.15) is 5.56 Å². The molecule has 0 saturated carbocycles. The minimum absolute atomic E-state index is 0.265. The van der Waals surface area contributed by atoms with Crippen LogP contribution >= 0.6 is 23.2 Å². The Morgan fingerprint density at radius 1 is 1.06 bits per heavy atom. The molecule has 0 atom stereocenters. The summed E-state index contributed by atoms with van der Waals surface area (Å²) in [5.74, 6) is 0.591. The van der Waals surface area contributed by atoms with Crippen LogP contribution in [-0.2, 0) is 6.61 Å². The number of halogens is 2. The summed E-state index contributed by atoms with van der Waals surface area (Å²) in [5, 5.41) is 11.9. The van der Waals surface area contributed by atoms with Gasteiger partial charge in [-0.15, -0.1) is 0 Å². The summed E-state index contributed by atoms with van der Waals surface area (Å²) in [4.78, 5) is 0. The van der Waals surface area contributed by atoms with E-state index in [9.17, 15) is 5.21 Å². The number of hydrogen-bond acceptors (Lipinski definition) is 2. The van der Waals surface area contributed by atoms with Crippen LogP contribution in [0.2, 0.25) is 10.0 Å². The molecular formula is C12H9Cl2NO2. The van der Waals surface area contributed by atoms with Crippen molar-refractivity contribution in [3.8, 4) is 5.75 Å². The van der Waals surface area contributed by atoms with Crippen molar-refractivity contribution < 1.29 is 9.47 Å². The van der Waals surface area contributed by atoms with Gasteiger partial charge in [-0.1, -0.05) is 29.3 Å². The lowest BCUT2D eigenvalue weighted by atomic mass is 10.2. The third kappa shape index (κ3) is 3.02. The van der Waals surface area contributed by atoms with E-state index >= 15 is 0 Å². The molecule has 0 unspecified atom stereocenters. The van der Waals surface area contributed by atoms with Gasteiger partial charge in [0.05, 0.1) is 0 Å². The van der Waals surface area contributed by atoms with E-state index in [1.807, 2.05) is 0 Å². The fraction of sp³-hybridized carbons (Fsp3) is 0.0833. The van der Waals surface area contributed by atoms with Gasteiger partial charge in [0.25, 0.3) is 0 Å². The molecule has 0 N–H and O–H groups in total. The first kappa shape index (κ1) is 12.0. The molecule has 0 fully saturated rings. The summed E-state index contributed by atoms with van der Waals surface area (Å²) < 4.78 is 6.18. The summed E-state index contributed by atoms with van der Waals surface area (Å²) in [6.45, 7) is 0.265. The van der Waals surface area contributed by atoms with E-state index in [1.54, 1.807) is 30.3 Å². The number of benzene rings is 1. The molecule has 0 aliphatic carbocycles. The molecule has 0 saturated heterocycles. The molecule has 1 heterocycles. The highest BCUT2D eigenvalue weighted by molar-refractivity contribution is 6.35. The van der Waals surface area contributed by atoms with Crippen LogP contribution in [0.3, 0.4) is 0 Å². The normalized spacial score (nSPS) is 10.2. The van der Waals surface area contributed by atoms with Crippen molar-refractivity contribution in [2.75, 3.05) is 0 Å². The van der Waals surface area contributed by atoms with Crippen LogP contribution in [0, 0.1) is 5.21 Å². The third-order valence-electron chi connectivity index (χ3n) is 2.22. The maximum atomic E-state index is 10.8.